The Hall–Kier alpha value is -2.51. The van der Waals surface area contributed by atoms with Crippen molar-refractivity contribution in [3.05, 3.63) is 58.0 Å². The SMILES string of the molecule is Cc1cc(=O)c(C(=O)N2CCC(C3OCCO3)CC2)nn1-c1ccccc1. The maximum absolute atomic E-state index is 12.9. The Morgan fingerprint density at radius 2 is 1.78 bits per heavy atom. The lowest BCUT2D eigenvalue weighted by Crippen LogP contribution is -2.43. The minimum atomic E-state index is -0.339. The second-order valence-electron chi connectivity index (χ2n) is 6.99. The highest BCUT2D eigenvalue weighted by Gasteiger charge is 2.33. The van der Waals surface area contributed by atoms with Gasteiger partial charge in [0.15, 0.2) is 12.0 Å². The number of hydrogen-bond acceptors (Lipinski definition) is 5. The van der Waals surface area contributed by atoms with Crippen LogP contribution in [0.3, 0.4) is 0 Å². The first-order valence-corrected chi connectivity index (χ1v) is 9.32. The van der Waals surface area contributed by atoms with Gasteiger partial charge in [0.1, 0.15) is 0 Å². The first kappa shape index (κ1) is 17.9. The molecule has 142 valence electrons. The maximum atomic E-state index is 12.9. The van der Waals surface area contributed by atoms with Gasteiger partial charge in [0.2, 0.25) is 5.43 Å². The third-order valence-electron chi connectivity index (χ3n) is 5.17. The van der Waals surface area contributed by atoms with Crippen LogP contribution >= 0.6 is 0 Å². The monoisotopic (exact) mass is 369 g/mol. The first-order chi connectivity index (χ1) is 13.1. The standard InChI is InChI=1S/C20H23N3O4/c1-14-13-17(24)18(21-23(14)16-5-3-2-4-6-16)19(25)22-9-7-15(8-10-22)20-26-11-12-27-20/h2-6,13,15,20H,7-12H2,1H3. The van der Waals surface area contributed by atoms with Crippen molar-refractivity contribution in [3.8, 4) is 5.69 Å². The Morgan fingerprint density at radius 1 is 1.11 bits per heavy atom. The highest BCUT2D eigenvalue weighted by atomic mass is 16.7. The summed E-state index contributed by atoms with van der Waals surface area (Å²) in [6.07, 6.45) is 1.44. The number of rotatable bonds is 3. The van der Waals surface area contributed by atoms with E-state index in [2.05, 4.69) is 5.10 Å². The van der Waals surface area contributed by atoms with Crippen molar-refractivity contribution in [1.29, 1.82) is 0 Å². The van der Waals surface area contributed by atoms with Gasteiger partial charge in [-0.3, -0.25) is 9.59 Å². The van der Waals surface area contributed by atoms with Gasteiger partial charge in [-0.15, -0.1) is 0 Å². The Labute approximate surface area is 157 Å². The fourth-order valence-electron chi connectivity index (χ4n) is 3.70. The summed E-state index contributed by atoms with van der Waals surface area (Å²) in [5.74, 6) is -0.0140. The molecule has 4 rings (SSSR count). The molecule has 2 aliphatic rings. The molecule has 7 heteroatoms. The van der Waals surface area contributed by atoms with Crippen LogP contribution in [-0.2, 0) is 9.47 Å². The van der Waals surface area contributed by atoms with Crippen molar-refractivity contribution in [2.24, 2.45) is 5.92 Å². The highest BCUT2D eigenvalue weighted by Crippen LogP contribution is 2.26. The molecule has 1 aromatic carbocycles. The molecule has 27 heavy (non-hydrogen) atoms. The molecule has 1 amide bonds. The first-order valence-electron chi connectivity index (χ1n) is 9.32. The fraction of sp³-hybridized carbons (Fsp3) is 0.450. The molecule has 2 aromatic rings. The average molecular weight is 369 g/mol. The smallest absolute Gasteiger partial charge is 0.278 e. The van der Waals surface area contributed by atoms with E-state index < -0.39 is 0 Å². The number of carbonyl (C=O) groups is 1. The largest absolute Gasteiger partial charge is 0.350 e. The zero-order chi connectivity index (χ0) is 18.8. The molecule has 0 bridgehead atoms. The number of nitrogens with zero attached hydrogens (tertiary/aromatic N) is 3. The molecule has 1 aromatic heterocycles. The van der Waals surface area contributed by atoms with E-state index in [9.17, 15) is 9.59 Å². The lowest BCUT2D eigenvalue weighted by atomic mass is 9.96. The normalized spacial score (nSPS) is 18.8. The van der Waals surface area contributed by atoms with Crippen LogP contribution in [0, 0.1) is 12.8 Å². The van der Waals surface area contributed by atoms with Crippen LogP contribution in [0.4, 0.5) is 0 Å². The Kier molecular flexibility index (Phi) is 5.05. The summed E-state index contributed by atoms with van der Waals surface area (Å²) in [7, 11) is 0. The predicted octanol–water partition coefficient (Wildman–Crippen LogP) is 1.77. The second-order valence-corrected chi connectivity index (χ2v) is 6.99. The van der Waals surface area contributed by atoms with Crippen molar-refractivity contribution < 1.29 is 14.3 Å². The summed E-state index contributed by atoms with van der Waals surface area (Å²) in [6.45, 7) is 4.23. The van der Waals surface area contributed by atoms with Gasteiger partial charge in [0.25, 0.3) is 5.91 Å². The van der Waals surface area contributed by atoms with Crippen LogP contribution in [0.25, 0.3) is 5.69 Å². The molecule has 7 nitrogen and oxygen atoms in total. The number of para-hydroxylation sites is 1. The van der Waals surface area contributed by atoms with Gasteiger partial charge in [0, 0.05) is 30.8 Å². The molecule has 2 fully saturated rings. The van der Waals surface area contributed by atoms with Crippen molar-refractivity contribution in [2.75, 3.05) is 26.3 Å². The summed E-state index contributed by atoms with van der Waals surface area (Å²) in [4.78, 5) is 27.1. The maximum Gasteiger partial charge on any atom is 0.278 e. The Bertz CT molecular complexity index is 867. The number of amides is 1. The van der Waals surface area contributed by atoms with Crippen LogP contribution in [0.15, 0.2) is 41.2 Å². The van der Waals surface area contributed by atoms with E-state index in [-0.39, 0.29) is 23.3 Å². The Morgan fingerprint density at radius 3 is 2.44 bits per heavy atom. The third-order valence-corrected chi connectivity index (χ3v) is 5.17. The number of benzene rings is 1. The molecule has 0 spiro atoms. The summed E-state index contributed by atoms with van der Waals surface area (Å²) < 4.78 is 12.8. The molecule has 3 heterocycles. The number of piperidine rings is 1. The summed E-state index contributed by atoms with van der Waals surface area (Å²) >= 11 is 0. The van der Waals surface area contributed by atoms with Crippen LogP contribution in [0.5, 0.6) is 0 Å². The fourth-order valence-corrected chi connectivity index (χ4v) is 3.70. The minimum absolute atomic E-state index is 0.0312. The number of aryl methyl sites for hydroxylation is 1. The van der Waals surface area contributed by atoms with Crippen LogP contribution in [0.2, 0.25) is 0 Å². The molecule has 0 N–H and O–H groups in total. The van der Waals surface area contributed by atoms with E-state index >= 15 is 0 Å². The van der Waals surface area contributed by atoms with Gasteiger partial charge in [-0.05, 0) is 31.9 Å². The van der Waals surface area contributed by atoms with Crippen molar-refractivity contribution in [2.45, 2.75) is 26.1 Å². The lowest BCUT2D eigenvalue weighted by Gasteiger charge is -2.33. The van der Waals surface area contributed by atoms with E-state index in [4.69, 9.17) is 9.47 Å². The number of aromatic nitrogens is 2. The molecular formula is C20H23N3O4. The number of carbonyl (C=O) groups excluding carboxylic acids is 1. The molecule has 0 radical (unpaired) electrons. The molecule has 0 saturated carbocycles. The van der Waals surface area contributed by atoms with Gasteiger partial charge in [-0.25, -0.2) is 4.68 Å². The minimum Gasteiger partial charge on any atom is -0.350 e. The Balaban J connectivity index is 1.53. The summed E-state index contributed by atoms with van der Waals surface area (Å²) in [5.41, 5.74) is 1.14. The second kappa shape index (κ2) is 7.62. The zero-order valence-electron chi connectivity index (χ0n) is 15.3. The van der Waals surface area contributed by atoms with Gasteiger partial charge in [-0.1, -0.05) is 18.2 Å². The van der Waals surface area contributed by atoms with Crippen LogP contribution in [-0.4, -0.2) is 53.2 Å². The molecule has 0 aliphatic carbocycles. The summed E-state index contributed by atoms with van der Waals surface area (Å²) in [6, 6.07) is 11.0. The third kappa shape index (κ3) is 3.65. The molecule has 0 atom stereocenters. The van der Waals surface area contributed by atoms with Crippen molar-refractivity contribution in [1.82, 2.24) is 14.7 Å². The van der Waals surface area contributed by atoms with Gasteiger partial charge in [0.05, 0.1) is 18.9 Å². The van der Waals surface area contributed by atoms with Gasteiger partial charge < -0.3 is 14.4 Å². The molecular weight excluding hydrogens is 346 g/mol. The average Bonchev–Trinajstić information content (AvgIpc) is 3.23. The quantitative estimate of drug-likeness (QED) is 0.824. The van der Waals surface area contributed by atoms with Gasteiger partial charge in [-0.2, -0.15) is 5.10 Å². The van der Waals surface area contributed by atoms with E-state index in [1.807, 2.05) is 37.3 Å². The highest BCUT2D eigenvalue weighted by molar-refractivity contribution is 5.92. The van der Waals surface area contributed by atoms with Crippen LogP contribution in [0.1, 0.15) is 29.0 Å². The van der Waals surface area contributed by atoms with E-state index in [1.165, 1.54) is 6.07 Å². The topological polar surface area (TPSA) is 73.7 Å². The molecule has 0 unspecified atom stereocenters. The molecule has 2 saturated heterocycles. The van der Waals surface area contributed by atoms with Crippen molar-refractivity contribution in [3.63, 3.8) is 0 Å². The number of hydrogen-bond donors (Lipinski definition) is 0. The summed E-state index contributed by atoms with van der Waals surface area (Å²) in [5, 5.41) is 4.38. The lowest BCUT2D eigenvalue weighted by molar-refractivity contribution is -0.0956. The molecule has 2 aliphatic heterocycles. The predicted molar refractivity (Wildman–Crippen MR) is 98.9 cm³/mol. The van der Waals surface area contributed by atoms with E-state index in [0.29, 0.717) is 37.9 Å². The van der Waals surface area contributed by atoms with Gasteiger partial charge >= 0.3 is 0 Å². The van der Waals surface area contributed by atoms with Crippen LogP contribution < -0.4 is 5.43 Å². The van der Waals surface area contributed by atoms with E-state index in [1.54, 1.807) is 9.58 Å². The van der Waals surface area contributed by atoms with Crippen molar-refractivity contribution >= 4 is 5.91 Å². The number of ether oxygens (including phenoxy) is 2. The zero-order valence-corrected chi connectivity index (χ0v) is 15.3. The van der Waals surface area contributed by atoms with E-state index in [0.717, 1.165) is 18.5 Å². The number of likely N-dealkylation sites (tertiary alicyclic amines) is 1.